The lowest BCUT2D eigenvalue weighted by molar-refractivity contribution is 0.223. The van der Waals surface area contributed by atoms with Gasteiger partial charge in [-0.25, -0.2) is 0 Å². The normalized spacial score (nSPS) is 17.8. The minimum absolute atomic E-state index is 1.07. The molecule has 1 aliphatic rings. The standard InChI is InChI=1S/C13H23N3/c1-13-11-14-16(12-13)10-6-5-9-15-7-3-2-4-8-15/h11-12H,2-10H2,1H3. The van der Waals surface area contributed by atoms with Gasteiger partial charge < -0.3 is 4.90 Å². The summed E-state index contributed by atoms with van der Waals surface area (Å²) in [5.41, 5.74) is 1.26. The van der Waals surface area contributed by atoms with E-state index in [2.05, 4.69) is 27.8 Å². The van der Waals surface area contributed by atoms with Crippen molar-refractivity contribution < 1.29 is 0 Å². The molecule has 2 rings (SSSR count). The Morgan fingerprint density at radius 3 is 2.56 bits per heavy atom. The third-order valence-electron chi connectivity index (χ3n) is 3.32. The number of likely N-dealkylation sites (tertiary alicyclic amines) is 1. The Morgan fingerprint density at radius 1 is 1.12 bits per heavy atom. The molecule has 1 saturated heterocycles. The Kier molecular flexibility index (Phi) is 4.40. The van der Waals surface area contributed by atoms with E-state index in [1.807, 2.05) is 6.20 Å². The third-order valence-corrected chi connectivity index (χ3v) is 3.32. The molecule has 1 fully saturated rings. The van der Waals surface area contributed by atoms with Crippen molar-refractivity contribution in [1.82, 2.24) is 14.7 Å². The van der Waals surface area contributed by atoms with Crippen molar-refractivity contribution in [3.05, 3.63) is 18.0 Å². The molecule has 16 heavy (non-hydrogen) atoms. The van der Waals surface area contributed by atoms with Crippen LogP contribution in [0.2, 0.25) is 0 Å². The van der Waals surface area contributed by atoms with Crippen molar-refractivity contribution in [2.75, 3.05) is 19.6 Å². The van der Waals surface area contributed by atoms with E-state index in [1.165, 1.54) is 57.3 Å². The average Bonchev–Trinajstić information content (AvgIpc) is 2.72. The van der Waals surface area contributed by atoms with Crippen LogP contribution >= 0.6 is 0 Å². The van der Waals surface area contributed by atoms with Crippen LogP contribution in [0.4, 0.5) is 0 Å². The molecule has 0 atom stereocenters. The molecule has 90 valence electrons. The Balaban J connectivity index is 1.57. The van der Waals surface area contributed by atoms with Crippen LogP contribution in [-0.2, 0) is 6.54 Å². The zero-order valence-corrected chi connectivity index (χ0v) is 10.4. The zero-order chi connectivity index (χ0) is 11.2. The van der Waals surface area contributed by atoms with Crippen LogP contribution in [0.25, 0.3) is 0 Å². The minimum Gasteiger partial charge on any atom is -0.303 e. The van der Waals surface area contributed by atoms with Gasteiger partial charge in [0, 0.05) is 12.7 Å². The largest absolute Gasteiger partial charge is 0.303 e. The third kappa shape index (κ3) is 3.63. The summed E-state index contributed by atoms with van der Waals surface area (Å²) in [7, 11) is 0. The lowest BCUT2D eigenvalue weighted by atomic mass is 10.1. The molecule has 0 amide bonds. The molecule has 0 N–H and O–H groups in total. The number of hydrogen-bond acceptors (Lipinski definition) is 2. The van der Waals surface area contributed by atoms with Gasteiger partial charge in [0.1, 0.15) is 0 Å². The average molecular weight is 221 g/mol. The number of unbranched alkanes of at least 4 members (excludes halogenated alkanes) is 1. The van der Waals surface area contributed by atoms with Crippen LogP contribution in [0.3, 0.4) is 0 Å². The second kappa shape index (κ2) is 6.04. The first-order valence-corrected chi connectivity index (χ1v) is 6.56. The maximum absolute atomic E-state index is 4.30. The quantitative estimate of drug-likeness (QED) is 0.712. The van der Waals surface area contributed by atoms with Gasteiger partial charge in [0.25, 0.3) is 0 Å². The fourth-order valence-electron chi connectivity index (χ4n) is 2.38. The van der Waals surface area contributed by atoms with Crippen molar-refractivity contribution in [3.8, 4) is 0 Å². The highest BCUT2D eigenvalue weighted by Crippen LogP contribution is 2.09. The number of nitrogens with zero attached hydrogens (tertiary/aromatic N) is 3. The SMILES string of the molecule is Cc1cnn(CCCCN2CCCCC2)c1. The van der Waals surface area contributed by atoms with E-state index in [-0.39, 0.29) is 0 Å². The van der Waals surface area contributed by atoms with Gasteiger partial charge in [0.15, 0.2) is 0 Å². The minimum atomic E-state index is 1.07. The first-order valence-electron chi connectivity index (χ1n) is 6.56. The first kappa shape index (κ1) is 11.6. The van der Waals surface area contributed by atoms with Crippen molar-refractivity contribution >= 4 is 0 Å². The predicted molar refractivity (Wildman–Crippen MR) is 66.5 cm³/mol. The molecule has 1 aromatic heterocycles. The zero-order valence-electron chi connectivity index (χ0n) is 10.4. The van der Waals surface area contributed by atoms with Crippen LogP contribution in [0.15, 0.2) is 12.4 Å². The van der Waals surface area contributed by atoms with Crippen LogP contribution in [-0.4, -0.2) is 34.3 Å². The van der Waals surface area contributed by atoms with Crippen LogP contribution in [0.1, 0.15) is 37.7 Å². The molecule has 2 heterocycles. The molecule has 0 bridgehead atoms. The lowest BCUT2D eigenvalue weighted by Crippen LogP contribution is -2.30. The summed E-state index contributed by atoms with van der Waals surface area (Å²) in [5, 5.41) is 4.30. The maximum atomic E-state index is 4.30. The molecule has 1 aromatic rings. The van der Waals surface area contributed by atoms with Crippen molar-refractivity contribution in [2.45, 2.75) is 45.6 Å². The molecule has 0 saturated carbocycles. The smallest absolute Gasteiger partial charge is 0.0518 e. The highest BCUT2D eigenvalue weighted by molar-refractivity contribution is 4.99. The van der Waals surface area contributed by atoms with Gasteiger partial charge in [-0.1, -0.05) is 6.42 Å². The second-order valence-corrected chi connectivity index (χ2v) is 4.89. The van der Waals surface area contributed by atoms with E-state index >= 15 is 0 Å². The number of rotatable bonds is 5. The van der Waals surface area contributed by atoms with Gasteiger partial charge in [-0.2, -0.15) is 5.10 Å². The van der Waals surface area contributed by atoms with E-state index in [4.69, 9.17) is 0 Å². The first-order chi connectivity index (χ1) is 7.84. The van der Waals surface area contributed by atoms with Gasteiger partial charge >= 0.3 is 0 Å². The van der Waals surface area contributed by atoms with Crippen molar-refractivity contribution in [2.24, 2.45) is 0 Å². The molecule has 3 nitrogen and oxygen atoms in total. The van der Waals surface area contributed by atoms with Gasteiger partial charge in [0.2, 0.25) is 0 Å². The van der Waals surface area contributed by atoms with Crippen LogP contribution in [0.5, 0.6) is 0 Å². The van der Waals surface area contributed by atoms with Crippen LogP contribution in [0, 0.1) is 6.92 Å². The summed E-state index contributed by atoms with van der Waals surface area (Å²) >= 11 is 0. The molecule has 3 heteroatoms. The Labute approximate surface area is 98.4 Å². The number of piperidine rings is 1. The van der Waals surface area contributed by atoms with Crippen LogP contribution < -0.4 is 0 Å². The summed E-state index contributed by atoms with van der Waals surface area (Å²) in [6, 6.07) is 0. The topological polar surface area (TPSA) is 21.1 Å². The molecule has 0 aliphatic carbocycles. The highest BCUT2D eigenvalue weighted by Gasteiger charge is 2.08. The Hall–Kier alpha value is -0.830. The molecule has 0 spiro atoms. The molecule has 0 aromatic carbocycles. The molecular formula is C13H23N3. The number of aryl methyl sites for hydroxylation is 2. The highest BCUT2D eigenvalue weighted by atomic mass is 15.3. The maximum Gasteiger partial charge on any atom is 0.0518 e. The predicted octanol–water partition coefficient (Wildman–Crippen LogP) is 2.46. The summed E-state index contributed by atoms with van der Waals surface area (Å²) in [4.78, 5) is 2.61. The Morgan fingerprint density at radius 2 is 1.88 bits per heavy atom. The molecule has 1 aliphatic heterocycles. The fourth-order valence-corrected chi connectivity index (χ4v) is 2.38. The lowest BCUT2D eigenvalue weighted by Gasteiger charge is -2.26. The monoisotopic (exact) mass is 221 g/mol. The number of hydrogen-bond donors (Lipinski definition) is 0. The summed E-state index contributed by atoms with van der Waals surface area (Å²) in [6.07, 6.45) is 10.8. The molecular weight excluding hydrogens is 198 g/mol. The summed E-state index contributed by atoms with van der Waals surface area (Å²) < 4.78 is 2.06. The van der Waals surface area contributed by atoms with Gasteiger partial charge in [0.05, 0.1) is 6.20 Å². The Bertz CT molecular complexity index is 300. The van der Waals surface area contributed by atoms with Crippen molar-refractivity contribution in [1.29, 1.82) is 0 Å². The molecule has 0 radical (unpaired) electrons. The van der Waals surface area contributed by atoms with Crippen molar-refractivity contribution in [3.63, 3.8) is 0 Å². The van der Waals surface area contributed by atoms with E-state index < -0.39 is 0 Å². The summed E-state index contributed by atoms with van der Waals surface area (Å²) in [5.74, 6) is 0. The second-order valence-electron chi connectivity index (χ2n) is 4.89. The van der Waals surface area contributed by atoms with Gasteiger partial charge in [-0.15, -0.1) is 0 Å². The fraction of sp³-hybridized carbons (Fsp3) is 0.769. The van der Waals surface area contributed by atoms with Gasteiger partial charge in [-0.3, -0.25) is 4.68 Å². The van der Waals surface area contributed by atoms with E-state index in [0.29, 0.717) is 0 Å². The van der Waals surface area contributed by atoms with E-state index in [0.717, 1.165) is 6.54 Å². The van der Waals surface area contributed by atoms with Gasteiger partial charge in [-0.05, 0) is 57.8 Å². The summed E-state index contributed by atoms with van der Waals surface area (Å²) in [6.45, 7) is 7.08. The molecule has 0 unspecified atom stereocenters. The van der Waals surface area contributed by atoms with E-state index in [1.54, 1.807) is 0 Å². The number of aromatic nitrogens is 2. The van der Waals surface area contributed by atoms with E-state index in [9.17, 15) is 0 Å².